The molecule has 274 valence electrons. The summed E-state index contributed by atoms with van der Waals surface area (Å²) in [5.41, 5.74) is 4.66. The van der Waals surface area contributed by atoms with E-state index in [0.717, 1.165) is 58.7 Å². The lowest BCUT2D eigenvalue weighted by Gasteiger charge is -2.56. The minimum Gasteiger partial charge on any atom is -0.100 e. The molecule has 8 fully saturated rings. The zero-order valence-corrected chi connectivity index (χ0v) is 33.7. The molecule has 48 heavy (non-hydrogen) atoms. The molecule has 0 amide bonds. The van der Waals surface area contributed by atoms with Crippen molar-refractivity contribution in [2.45, 2.75) is 228 Å². The Morgan fingerprint density at radius 2 is 0.750 bits per heavy atom. The Hall–Kier alpha value is 0.860. The maximum atomic E-state index is 1.76. The van der Waals surface area contributed by atoms with Gasteiger partial charge in [0.2, 0.25) is 0 Å². The molecule has 0 aromatic heterocycles. The third kappa shape index (κ3) is 8.47. The van der Waals surface area contributed by atoms with E-state index in [-0.39, 0.29) is 15.8 Å². The molecule has 8 unspecified atom stereocenters. The maximum absolute atomic E-state index is 1.76. The molecule has 0 radical (unpaired) electrons. The van der Waals surface area contributed by atoms with Gasteiger partial charge in [-0.05, 0) is 172 Å². The van der Waals surface area contributed by atoms with Crippen molar-refractivity contribution in [1.29, 1.82) is 0 Å². The first-order chi connectivity index (χ1) is 23.8. The van der Waals surface area contributed by atoms with Crippen LogP contribution in [0.3, 0.4) is 0 Å². The van der Waals surface area contributed by atoms with Crippen molar-refractivity contribution < 1.29 is 0 Å². The van der Waals surface area contributed by atoms with E-state index in [1.54, 1.807) is 218 Å². The SMILES string of the molecule is C1CCC(P(CC2CC3CCCCC3C(C3C(CP(C4CCCCC4)C4CCCCC4)CCC4CCCCC43)C2)C2CCCCC2)CC1. The van der Waals surface area contributed by atoms with E-state index in [0.29, 0.717) is 0 Å². The average Bonchev–Trinajstić information content (AvgIpc) is 3.17. The second kappa shape index (κ2) is 17.8. The van der Waals surface area contributed by atoms with Crippen LogP contribution in [-0.4, -0.2) is 35.0 Å². The van der Waals surface area contributed by atoms with Crippen LogP contribution in [0.2, 0.25) is 0 Å². The topological polar surface area (TPSA) is 0 Å². The van der Waals surface area contributed by atoms with Crippen molar-refractivity contribution >= 4 is 15.8 Å². The molecular weight excluding hydrogens is 614 g/mol. The van der Waals surface area contributed by atoms with Gasteiger partial charge < -0.3 is 0 Å². The number of rotatable bonds is 9. The van der Waals surface area contributed by atoms with Crippen molar-refractivity contribution in [1.82, 2.24) is 0 Å². The Labute approximate surface area is 302 Å². The zero-order chi connectivity index (χ0) is 32.1. The molecule has 0 aliphatic heterocycles. The van der Waals surface area contributed by atoms with E-state index in [9.17, 15) is 0 Å². The number of fused-ring (bicyclic) bond motifs is 2. The minimum absolute atomic E-state index is 0.249. The van der Waals surface area contributed by atoms with Gasteiger partial charge in [-0.1, -0.05) is 116 Å². The fourth-order valence-corrected chi connectivity index (χ4v) is 23.5. The summed E-state index contributed by atoms with van der Waals surface area (Å²) < 4.78 is 0. The van der Waals surface area contributed by atoms with E-state index in [1.165, 1.54) is 11.3 Å². The first-order valence-electron chi connectivity index (χ1n) is 23.3. The Kier molecular flexibility index (Phi) is 13.3. The molecule has 0 heterocycles. The van der Waals surface area contributed by atoms with Crippen LogP contribution in [0.4, 0.5) is 0 Å². The van der Waals surface area contributed by atoms with Crippen LogP contribution in [-0.2, 0) is 0 Å². The van der Waals surface area contributed by atoms with Gasteiger partial charge in [-0.3, -0.25) is 0 Å². The molecule has 0 nitrogen and oxygen atoms in total. The lowest BCUT2D eigenvalue weighted by molar-refractivity contribution is -0.0467. The number of hydrogen-bond acceptors (Lipinski definition) is 0. The monoisotopic (exact) mass is 695 g/mol. The van der Waals surface area contributed by atoms with E-state index < -0.39 is 0 Å². The molecule has 0 saturated heterocycles. The first-order valence-corrected chi connectivity index (χ1v) is 26.7. The first kappa shape index (κ1) is 35.9. The summed E-state index contributed by atoms with van der Waals surface area (Å²) in [5.74, 6) is 9.04. The minimum atomic E-state index is 0.249. The average molecular weight is 695 g/mol. The molecule has 8 aliphatic carbocycles. The van der Waals surface area contributed by atoms with Gasteiger partial charge in [0, 0.05) is 0 Å². The van der Waals surface area contributed by atoms with Gasteiger partial charge in [0.1, 0.15) is 0 Å². The summed E-state index contributed by atoms with van der Waals surface area (Å²) in [6.07, 6.45) is 54.9. The molecular formula is C46H80P2. The van der Waals surface area contributed by atoms with Crippen LogP contribution < -0.4 is 0 Å². The largest absolute Gasteiger partial charge is 0.100 e. The van der Waals surface area contributed by atoms with Crippen molar-refractivity contribution in [2.75, 3.05) is 12.3 Å². The van der Waals surface area contributed by atoms with Gasteiger partial charge in [-0.25, -0.2) is 0 Å². The highest BCUT2D eigenvalue weighted by Gasteiger charge is 2.51. The zero-order valence-electron chi connectivity index (χ0n) is 31.9. The lowest BCUT2D eigenvalue weighted by atomic mass is 9.51. The summed E-state index contributed by atoms with van der Waals surface area (Å²) in [5, 5.41) is 0. The highest BCUT2D eigenvalue weighted by molar-refractivity contribution is 7.59. The Morgan fingerprint density at radius 1 is 0.312 bits per heavy atom. The smallest absolute Gasteiger partial charge is 0.0207 e. The van der Waals surface area contributed by atoms with Crippen molar-refractivity contribution in [3.05, 3.63) is 0 Å². The third-order valence-corrected chi connectivity index (χ3v) is 24.9. The Balaban J connectivity index is 1.07. The molecule has 0 aromatic rings. The molecule has 0 N–H and O–H groups in total. The van der Waals surface area contributed by atoms with Crippen LogP contribution >= 0.6 is 15.8 Å². The van der Waals surface area contributed by atoms with Crippen LogP contribution in [0.15, 0.2) is 0 Å². The van der Waals surface area contributed by atoms with E-state index in [4.69, 9.17) is 0 Å². The molecule has 0 spiro atoms. The van der Waals surface area contributed by atoms with E-state index >= 15 is 0 Å². The standard InChI is InChI=1S/C46H80P2/c1-5-19-39(20-6-1)47(40-21-7-2-8-22-40)33-35-31-37-18-14-15-27-43(37)45(32-35)46-38(30-29-36-17-13-16-28-44(36)46)34-48(41-23-9-3-10-24-41)42-25-11-4-12-26-42/h35-46H,1-34H2. The second-order valence-corrected chi connectivity index (χ2v) is 25.6. The normalized spacial score (nSPS) is 40.1. The van der Waals surface area contributed by atoms with Crippen molar-refractivity contribution in [2.24, 2.45) is 47.3 Å². The molecule has 8 rings (SSSR count). The van der Waals surface area contributed by atoms with Crippen molar-refractivity contribution in [3.63, 3.8) is 0 Å². The summed E-state index contributed by atoms with van der Waals surface area (Å²) >= 11 is 0. The summed E-state index contributed by atoms with van der Waals surface area (Å²) in [7, 11) is 0.514. The van der Waals surface area contributed by atoms with Gasteiger partial charge in [-0.2, -0.15) is 0 Å². The summed E-state index contributed by atoms with van der Waals surface area (Å²) in [6, 6.07) is 0. The quantitative estimate of drug-likeness (QED) is 0.211. The molecule has 2 heteroatoms. The van der Waals surface area contributed by atoms with E-state index in [2.05, 4.69) is 0 Å². The van der Waals surface area contributed by atoms with Crippen molar-refractivity contribution in [3.8, 4) is 0 Å². The summed E-state index contributed by atoms with van der Waals surface area (Å²) in [4.78, 5) is 0. The molecule has 8 aliphatic rings. The highest BCUT2D eigenvalue weighted by Crippen LogP contribution is 2.64. The van der Waals surface area contributed by atoms with Gasteiger partial charge in [0.05, 0.1) is 0 Å². The van der Waals surface area contributed by atoms with Crippen LogP contribution in [0.1, 0.15) is 205 Å². The highest BCUT2D eigenvalue weighted by atomic mass is 31.1. The molecule has 0 aromatic carbocycles. The van der Waals surface area contributed by atoms with E-state index in [1.807, 2.05) is 0 Å². The molecule has 0 bridgehead atoms. The fourth-order valence-electron chi connectivity index (χ4n) is 15.1. The number of hydrogen-bond donors (Lipinski definition) is 0. The second-order valence-electron chi connectivity index (χ2n) is 19.9. The predicted molar refractivity (Wildman–Crippen MR) is 214 cm³/mol. The van der Waals surface area contributed by atoms with Crippen LogP contribution in [0, 0.1) is 47.3 Å². The molecule has 8 saturated carbocycles. The van der Waals surface area contributed by atoms with Gasteiger partial charge in [0.25, 0.3) is 0 Å². The van der Waals surface area contributed by atoms with Gasteiger partial charge in [-0.15, -0.1) is 15.8 Å². The van der Waals surface area contributed by atoms with Gasteiger partial charge in [0.15, 0.2) is 0 Å². The fraction of sp³-hybridized carbons (Fsp3) is 1.00. The Morgan fingerprint density at radius 3 is 1.29 bits per heavy atom. The molecule has 8 atom stereocenters. The van der Waals surface area contributed by atoms with Crippen LogP contribution in [0.25, 0.3) is 0 Å². The third-order valence-electron chi connectivity index (χ3n) is 17.3. The Bertz CT molecular complexity index is 902. The maximum Gasteiger partial charge on any atom is -0.0207 e. The summed E-state index contributed by atoms with van der Waals surface area (Å²) in [6.45, 7) is 0. The lowest BCUT2D eigenvalue weighted by Crippen LogP contribution is -2.48. The van der Waals surface area contributed by atoms with Crippen LogP contribution in [0.5, 0.6) is 0 Å². The van der Waals surface area contributed by atoms with Gasteiger partial charge >= 0.3 is 0 Å². The predicted octanol–water partition coefficient (Wildman–Crippen LogP) is 14.9.